The molecular weight excluding hydrogens is 691 g/mol. The fraction of sp³-hybridized carbons (Fsp3) is 0. The molecule has 266 valence electrons. The molecule has 3 heteroatoms. The molecule has 0 aliphatic heterocycles. The molecule has 12 aromatic rings. The number of benzene rings is 9. The van der Waals surface area contributed by atoms with Gasteiger partial charge in [-0.05, 0) is 101 Å². The van der Waals surface area contributed by atoms with Gasteiger partial charge in [-0.1, -0.05) is 133 Å². The van der Waals surface area contributed by atoms with Gasteiger partial charge in [0.15, 0.2) is 0 Å². The zero-order chi connectivity index (χ0) is 54.0. The minimum Gasteiger partial charge on any atom is -0.309 e. The number of fused-ring (bicyclic) bond motifs is 9. The van der Waals surface area contributed by atoms with Crippen LogP contribution >= 0.6 is 0 Å². The van der Waals surface area contributed by atoms with Crippen molar-refractivity contribution >= 4 is 65.4 Å². The summed E-state index contributed by atoms with van der Waals surface area (Å²) in [4.78, 5) is 0. The van der Waals surface area contributed by atoms with Gasteiger partial charge < -0.3 is 13.7 Å². The van der Waals surface area contributed by atoms with Gasteiger partial charge in [0, 0.05) is 43.7 Å². The van der Waals surface area contributed by atoms with E-state index in [0.717, 1.165) is 16.6 Å². The summed E-state index contributed by atoms with van der Waals surface area (Å²) in [6.45, 7) is 0. The second-order valence-corrected chi connectivity index (χ2v) is 13.5. The number of nitrogens with zero attached hydrogens (tertiary/aromatic N) is 3. The fourth-order valence-corrected chi connectivity index (χ4v) is 8.02. The van der Waals surface area contributed by atoms with Crippen LogP contribution in [0.5, 0.6) is 0 Å². The molecule has 0 aliphatic carbocycles. The summed E-state index contributed by atoms with van der Waals surface area (Å²) in [6.07, 6.45) is 0. The zero-order valence-corrected chi connectivity index (χ0v) is 29.6. The van der Waals surface area contributed by atoms with Crippen molar-refractivity contribution in [2.75, 3.05) is 0 Å². The SMILES string of the molecule is [2H]c1c([2H])c([2H])c(-c2cccc(-n3c4c([2H])c([2H])c([2H])c([2H])c4c4c([2H])c(-c5c([2H])c([2H])c6c(c5[2H])c5c([2H])c([2H])c([2H])c([2H])c5n6-c5cccc6c5c5ccccc5n6-c5ccccc5)c([2H])c([2H])c43)c2)c([2H])c1[2H]. The molecular formula is C54H35N3. The first-order chi connectivity index (χ1) is 36.2. The predicted molar refractivity (Wildman–Crippen MR) is 240 cm³/mol. The lowest BCUT2D eigenvalue weighted by Crippen LogP contribution is -1.96. The number of para-hydroxylation sites is 4. The smallest absolute Gasteiger partial charge is 0.0645 e. The molecule has 0 bridgehead atoms. The Kier molecular flexibility index (Phi) is 4.01. The summed E-state index contributed by atoms with van der Waals surface area (Å²) in [5.74, 6) is 0. The van der Waals surface area contributed by atoms with Crippen molar-refractivity contribution in [2.45, 2.75) is 0 Å². The summed E-state index contributed by atoms with van der Waals surface area (Å²) in [7, 11) is 0. The molecule has 9 aromatic carbocycles. The van der Waals surface area contributed by atoms with Crippen molar-refractivity contribution in [1.82, 2.24) is 13.7 Å². The average Bonchev–Trinajstić information content (AvgIpc) is 4.17. The number of hydrogen-bond acceptors (Lipinski definition) is 0. The molecule has 3 nitrogen and oxygen atoms in total. The highest BCUT2D eigenvalue weighted by Gasteiger charge is 2.20. The lowest BCUT2D eigenvalue weighted by atomic mass is 10.0. The van der Waals surface area contributed by atoms with Crippen LogP contribution in [0.3, 0.4) is 0 Å². The van der Waals surface area contributed by atoms with E-state index in [9.17, 15) is 13.7 Å². The first-order valence-corrected chi connectivity index (χ1v) is 18.1. The van der Waals surface area contributed by atoms with Gasteiger partial charge in [-0.25, -0.2) is 0 Å². The minimum atomic E-state index is -0.747. The summed E-state index contributed by atoms with van der Waals surface area (Å²) < 4.78 is 178. The Hall–Kier alpha value is -7.62. The van der Waals surface area contributed by atoms with Crippen LogP contribution < -0.4 is 0 Å². The molecule has 0 amide bonds. The zero-order valence-electron chi connectivity index (χ0n) is 48.6. The van der Waals surface area contributed by atoms with E-state index in [4.69, 9.17) is 12.3 Å². The molecule has 0 unspecified atom stereocenters. The van der Waals surface area contributed by atoms with Gasteiger partial charge in [0.2, 0.25) is 0 Å². The summed E-state index contributed by atoms with van der Waals surface area (Å²) in [5.41, 5.74) is 0.882. The van der Waals surface area contributed by atoms with Crippen molar-refractivity contribution in [1.29, 1.82) is 0 Å². The summed E-state index contributed by atoms with van der Waals surface area (Å²) >= 11 is 0. The normalized spacial score (nSPS) is 16.5. The lowest BCUT2D eigenvalue weighted by Gasteiger charge is -2.12. The molecule has 0 fully saturated rings. The van der Waals surface area contributed by atoms with E-state index in [2.05, 4.69) is 0 Å². The third-order valence-corrected chi connectivity index (χ3v) is 10.4. The summed E-state index contributed by atoms with van der Waals surface area (Å²) in [5, 5.41) is 0.427. The van der Waals surface area contributed by atoms with E-state index in [1.807, 2.05) is 65.2 Å². The second kappa shape index (κ2) is 12.5. The van der Waals surface area contributed by atoms with Crippen LogP contribution in [0.2, 0.25) is 0 Å². The van der Waals surface area contributed by atoms with Gasteiger partial charge >= 0.3 is 0 Å². The van der Waals surface area contributed by atoms with Crippen molar-refractivity contribution in [3.05, 3.63) is 212 Å². The maximum absolute atomic E-state index is 10.1. The van der Waals surface area contributed by atoms with Gasteiger partial charge in [0.1, 0.15) is 0 Å². The van der Waals surface area contributed by atoms with Crippen molar-refractivity contribution < 1.29 is 26.0 Å². The molecule has 3 heterocycles. The van der Waals surface area contributed by atoms with Crippen molar-refractivity contribution in [3.63, 3.8) is 0 Å². The average molecular weight is 745 g/mol. The Bertz CT molecular complexity index is 4600. The fourth-order valence-electron chi connectivity index (χ4n) is 8.02. The maximum Gasteiger partial charge on any atom is 0.0645 e. The Morgan fingerprint density at radius 2 is 0.877 bits per heavy atom. The van der Waals surface area contributed by atoms with Gasteiger partial charge in [-0.3, -0.25) is 0 Å². The third kappa shape index (κ3) is 4.79. The quantitative estimate of drug-likeness (QED) is 0.167. The highest BCUT2D eigenvalue weighted by Crippen LogP contribution is 2.42. The topological polar surface area (TPSA) is 14.8 Å². The van der Waals surface area contributed by atoms with Crippen molar-refractivity contribution in [2.24, 2.45) is 0 Å². The maximum atomic E-state index is 10.1. The standard InChI is InChI=1S/C54H35N3/c1-3-15-36(16-4-1)37-17-13-20-41(33-37)56-47-24-10-7-21-42(47)45-34-38(29-31-50(45)56)39-30-32-51-46(35-39)43-22-8-11-25-48(43)57(51)53-28-14-27-52-54(53)44-23-9-12-26-49(44)55(52)40-18-5-2-6-19-40/h1-35H/i1D,3D,4D,7D,8D,10D,11D,15D,16D,21D,22D,24D,25D,29D,30D,31D,32D,34D,35D. The molecule has 0 radical (unpaired) electrons. The monoisotopic (exact) mass is 744 g/mol. The van der Waals surface area contributed by atoms with Gasteiger partial charge in [-0.2, -0.15) is 0 Å². The molecule has 0 N–H and O–H groups in total. The predicted octanol–water partition coefficient (Wildman–Crippen LogP) is 14.3. The van der Waals surface area contributed by atoms with E-state index in [0.29, 0.717) is 16.6 Å². The van der Waals surface area contributed by atoms with Gasteiger partial charge in [0.25, 0.3) is 0 Å². The first kappa shape index (κ1) is 18.3. The molecule has 0 saturated carbocycles. The highest BCUT2D eigenvalue weighted by molar-refractivity contribution is 6.17. The summed E-state index contributed by atoms with van der Waals surface area (Å²) in [6, 6.07) is 16.7. The molecule has 57 heavy (non-hydrogen) atoms. The molecule has 0 aliphatic rings. The van der Waals surface area contributed by atoms with Crippen molar-refractivity contribution in [3.8, 4) is 39.3 Å². The molecule has 3 aromatic heterocycles. The van der Waals surface area contributed by atoms with E-state index in [-0.39, 0.29) is 60.4 Å². The van der Waals surface area contributed by atoms with Crippen LogP contribution in [-0.2, 0) is 0 Å². The van der Waals surface area contributed by atoms with Crippen LogP contribution in [0.15, 0.2) is 212 Å². The van der Waals surface area contributed by atoms with E-state index >= 15 is 0 Å². The van der Waals surface area contributed by atoms with Gasteiger partial charge in [0.05, 0.1) is 64.8 Å². The number of rotatable bonds is 5. The first-order valence-electron chi connectivity index (χ1n) is 27.6. The number of aromatic nitrogens is 3. The van der Waals surface area contributed by atoms with E-state index in [1.54, 1.807) is 12.1 Å². The molecule has 0 saturated heterocycles. The highest BCUT2D eigenvalue weighted by atomic mass is 15.0. The Labute approximate surface area is 356 Å². The van der Waals surface area contributed by atoms with Crippen LogP contribution in [0.4, 0.5) is 0 Å². The Morgan fingerprint density at radius 3 is 1.63 bits per heavy atom. The Morgan fingerprint density at radius 1 is 0.316 bits per heavy atom. The van der Waals surface area contributed by atoms with E-state index < -0.39 is 126 Å². The van der Waals surface area contributed by atoms with Crippen LogP contribution in [0.1, 0.15) is 26.0 Å². The van der Waals surface area contributed by atoms with Gasteiger partial charge in [-0.15, -0.1) is 0 Å². The van der Waals surface area contributed by atoms with E-state index in [1.165, 1.54) is 33.4 Å². The third-order valence-electron chi connectivity index (χ3n) is 10.4. The Balaban J connectivity index is 1.21. The lowest BCUT2D eigenvalue weighted by molar-refractivity contribution is 1.17. The van der Waals surface area contributed by atoms with Crippen LogP contribution in [0, 0.1) is 0 Å². The number of hydrogen-bond donors (Lipinski definition) is 0. The molecule has 0 atom stereocenters. The second-order valence-electron chi connectivity index (χ2n) is 13.5. The minimum absolute atomic E-state index is 0.0653. The van der Waals surface area contributed by atoms with Crippen LogP contribution in [-0.4, -0.2) is 13.7 Å². The van der Waals surface area contributed by atoms with Crippen LogP contribution in [0.25, 0.3) is 105 Å². The molecule has 12 rings (SSSR count). The largest absolute Gasteiger partial charge is 0.309 e. The molecule has 0 spiro atoms.